The number of thiazole rings is 1. The molecule has 0 atom stereocenters. The van der Waals surface area contributed by atoms with Crippen LogP contribution in [-0.2, 0) is 6.61 Å². The SMILES string of the molecule is Cc1nc(COc2ccccc2)c(C)s1. The van der Waals surface area contributed by atoms with Gasteiger partial charge in [0.05, 0.1) is 10.7 Å². The lowest BCUT2D eigenvalue weighted by molar-refractivity contribution is 0.301. The van der Waals surface area contributed by atoms with Crippen molar-refractivity contribution in [3.63, 3.8) is 0 Å². The molecule has 0 bridgehead atoms. The molecule has 2 nitrogen and oxygen atoms in total. The number of nitrogens with zero attached hydrogens (tertiary/aromatic N) is 1. The molecule has 0 N–H and O–H groups in total. The van der Waals surface area contributed by atoms with Gasteiger partial charge in [0.1, 0.15) is 12.4 Å². The van der Waals surface area contributed by atoms with E-state index in [1.54, 1.807) is 11.3 Å². The Labute approximate surface area is 93.6 Å². The van der Waals surface area contributed by atoms with E-state index in [1.807, 2.05) is 37.3 Å². The molecule has 15 heavy (non-hydrogen) atoms. The van der Waals surface area contributed by atoms with Crippen LogP contribution in [0.3, 0.4) is 0 Å². The molecule has 0 spiro atoms. The smallest absolute Gasteiger partial charge is 0.131 e. The number of hydrogen-bond donors (Lipinski definition) is 0. The molecule has 0 aliphatic carbocycles. The Kier molecular flexibility index (Phi) is 3.02. The van der Waals surface area contributed by atoms with E-state index in [0.717, 1.165) is 16.5 Å². The Morgan fingerprint density at radius 2 is 1.93 bits per heavy atom. The summed E-state index contributed by atoms with van der Waals surface area (Å²) in [6, 6.07) is 9.82. The number of para-hydroxylation sites is 1. The van der Waals surface area contributed by atoms with Crippen molar-refractivity contribution in [1.82, 2.24) is 4.98 Å². The van der Waals surface area contributed by atoms with E-state index in [9.17, 15) is 0 Å². The summed E-state index contributed by atoms with van der Waals surface area (Å²) >= 11 is 1.71. The summed E-state index contributed by atoms with van der Waals surface area (Å²) in [6.45, 7) is 4.65. The van der Waals surface area contributed by atoms with E-state index >= 15 is 0 Å². The first-order valence-corrected chi connectivity index (χ1v) is 5.68. The van der Waals surface area contributed by atoms with E-state index in [1.165, 1.54) is 4.88 Å². The summed E-state index contributed by atoms with van der Waals surface area (Å²) in [6.07, 6.45) is 0. The molecular weight excluding hydrogens is 206 g/mol. The van der Waals surface area contributed by atoms with Crippen molar-refractivity contribution in [2.24, 2.45) is 0 Å². The summed E-state index contributed by atoms with van der Waals surface area (Å²) < 4.78 is 5.63. The Bertz CT molecular complexity index is 436. The fraction of sp³-hybridized carbons (Fsp3) is 0.250. The van der Waals surface area contributed by atoms with Gasteiger partial charge in [0.25, 0.3) is 0 Å². The van der Waals surface area contributed by atoms with Gasteiger partial charge in [-0.2, -0.15) is 0 Å². The molecule has 0 aliphatic rings. The highest BCUT2D eigenvalue weighted by molar-refractivity contribution is 7.11. The molecule has 0 radical (unpaired) electrons. The van der Waals surface area contributed by atoms with Crippen molar-refractivity contribution in [3.05, 3.63) is 45.9 Å². The third-order valence-electron chi connectivity index (χ3n) is 2.12. The van der Waals surface area contributed by atoms with Crippen LogP contribution < -0.4 is 4.74 Å². The minimum atomic E-state index is 0.556. The number of aromatic nitrogens is 1. The average molecular weight is 219 g/mol. The predicted molar refractivity (Wildman–Crippen MR) is 62.4 cm³/mol. The van der Waals surface area contributed by atoms with Gasteiger partial charge in [-0.25, -0.2) is 4.98 Å². The second-order valence-electron chi connectivity index (χ2n) is 3.34. The van der Waals surface area contributed by atoms with E-state index in [0.29, 0.717) is 6.61 Å². The standard InChI is InChI=1S/C12H13NOS/c1-9-12(13-10(2)15-9)8-14-11-6-4-3-5-7-11/h3-7H,8H2,1-2H3. The van der Waals surface area contributed by atoms with Gasteiger partial charge >= 0.3 is 0 Å². The predicted octanol–water partition coefficient (Wildman–Crippen LogP) is 3.34. The van der Waals surface area contributed by atoms with Gasteiger partial charge in [-0.15, -0.1) is 11.3 Å². The lowest BCUT2D eigenvalue weighted by Crippen LogP contribution is -1.97. The Balaban J connectivity index is 2.02. The van der Waals surface area contributed by atoms with Gasteiger partial charge < -0.3 is 4.74 Å². The van der Waals surface area contributed by atoms with Crippen LogP contribution in [0.2, 0.25) is 0 Å². The van der Waals surface area contributed by atoms with E-state index in [2.05, 4.69) is 11.9 Å². The summed E-state index contributed by atoms with van der Waals surface area (Å²) in [5.41, 5.74) is 1.04. The zero-order valence-corrected chi connectivity index (χ0v) is 9.67. The maximum Gasteiger partial charge on any atom is 0.131 e. The number of hydrogen-bond acceptors (Lipinski definition) is 3. The first-order valence-electron chi connectivity index (χ1n) is 4.86. The maximum absolute atomic E-state index is 5.63. The van der Waals surface area contributed by atoms with Gasteiger partial charge in [-0.05, 0) is 26.0 Å². The lowest BCUT2D eigenvalue weighted by atomic mass is 10.3. The largest absolute Gasteiger partial charge is 0.487 e. The van der Waals surface area contributed by atoms with E-state index in [-0.39, 0.29) is 0 Å². The monoisotopic (exact) mass is 219 g/mol. The van der Waals surface area contributed by atoms with Crippen LogP contribution in [0, 0.1) is 13.8 Å². The maximum atomic E-state index is 5.63. The third kappa shape index (κ3) is 2.57. The Morgan fingerprint density at radius 3 is 2.53 bits per heavy atom. The van der Waals surface area contributed by atoms with Gasteiger partial charge in [0.15, 0.2) is 0 Å². The van der Waals surface area contributed by atoms with Crippen molar-refractivity contribution in [2.75, 3.05) is 0 Å². The summed E-state index contributed by atoms with van der Waals surface area (Å²) in [5, 5.41) is 1.10. The minimum Gasteiger partial charge on any atom is -0.487 e. The van der Waals surface area contributed by atoms with Crippen LogP contribution >= 0.6 is 11.3 Å². The summed E-state index contributed by atoms with van der Waals surface area (Å²) in [4.78, 5) is 5.66. The molecule has 78 valence electrons. The molecule has 0 amide bonds. The molecule has 0 saturated carbocycles. The van der Waals surface area contributed by atoms with E-state index in [4.69, 9.17) is 4.74 Å². The molecule has 2 aromatic rings. The quantitative estimate of drug-likeness (QED) is 0.790. The molecule has 0 saturated heterocycles. The average Bonchev–Trinajstić information content (AvgIpc) is 2.56. The normalized spacial score (nSPS) is 10.3. The van der Waals surface area contributed by atoms with Crippen LogP contribution in [-0.4, -0.2) is 4.98 Å². The van der Waals surface area contributed by atoms with Crippen LogP contribution in [0.4, 0.5) is 0 Å². The second kappa shape index (κ2) is 4.45. The summed E-state index contributed by atoms with van der Waals surface area (Å²) in [7, 11) is 0. The fourth-order valence-electron chi connectivity index (χ4n) is 1.37. The van der Waals surface area contributed by atoms with Gasteiger partial charge in [0, 0.05) is 4.88 Å². The number of aryl methyl sites for hydroxylation is 2. The molecule has 1 aromatic heterocycles. The second-order valence-corrected chi connectivity index (χ2v) is 4.74. The number of rotatable bonds is 3. The molecule has 1 heterocycles. The highest BCUT2D eigenvalue weighted by Gasteiger charge is 2.04. The van der Waals surface area contributed by atoms with E-state index < -0.39 is 0 Å². The zero-order chi connectivity index (χ0) is 10.7. The topological polar surface area (TPSA) is 22.1 Å². The lowest BCUT2D eigenvalue weighted by Gasteiger charge is -2.03. The highest BCUT2D eigenvalue weighted by atomic mass is 32.1. The fourth-order valence-corrected chi connectivity index (χ4v) is 2.20. The first-order chi connectivity index (χ1) is 7.25. The van der Waals surface area contributed by atoms with Crippen LogP contribution in [0.25, 0.3) is 0 Å². The summed E-state index contributed by atoms with van der Waals surface area (Å²) in [5.74, 6) is 0.891. The molecule has 0 unspecified atom stereocenters. The molecule has 0 fully saturated rings. The molecule has 3 heteroatoms. The highest BCUT2D eigenvalue weighted by Crippen LogP contribution is 2.18. The zero-order valence-electron chi connectivity index (χ0n) is 8.86. The number of ether oxygens (including phenoxy) is 1. The van der Waals surface area contributed by atoms with Crippen molar-refractivity contribution < 1.29 is 4.74 Å². The molecule has 1 aromatic carbocycles. The molecule has 2 rings (SSSR count). The number of benzene rings is 1. The molecule has 0 aliphatic heterocycles. The van der Waals surface area contributed by atoms with Crippen molar-refractivity contribution >= 4 is 11.3 Å². The Hall–Kier alpha value is -1.35. The molecular formula is C12H13NOS. The van der Waals surface area contributed by atoms with Crippen LogP contribution in [0.5, 0.6) is 5.75 Å². The van der Waals surface area contributed by atoms with Crippen LogP contribution in [0.15, 0.2) is 30.3 Å². The van der Waals surface area contributed by atoms with Crippen molar-refractivity contribution in [3.8, 4) is 5.75 Å². The first kappa shape index (κ1) is 10.2. The Morgan fingerprint density at radius 1 is 1.20 bits per heavy atom. The van der Waals surface area contributed by atoms with Gasteiger partial charge in [0.2, 0.25) is 0 Å². The minimum absolute atomic E-state index is 0.556. The van der Waals surface area contributed by atoms with Crippen molar-refractivity contribution in [2.45, 2.75) is 20.5 Å². The van der Waals surface area contributed by atoms with Gasteiger partial charge in [-0.1, -0.05) is 18.2 Å². The van der Waals surface area contributed by atoms with Crippen LogP contribution in [0.1, 0.15) is 15.6 Å². The van der Waals surface area contributed by atoms with Crippen molar-refractivity contribution in [1.29, 1.82) is 0 Å². The third-order valence-corrected chi connectivity index (χ3v) is 3.05. The van der Waals surface area contributed by atoms with Gasteiger partial charge in [-0.3, -0.25) is 0 Å².